The molecule has 1 heterocycles. The molecule has 1 aromatic rings. The van der Waals surface area contributed by atoms with Crippen molar-refractivity contribution in [3.63, 3.8) is 0 Å². The third-order valence-corrected chi connectivity index (χ3v) is 8.28. The van der Waals surface area contributed by atoms with Crippen LogP contribution in [0.1, 0.15) is 83.6 Å². The fourth-order valence-electron chi connectivity index (χ4n) is 5.76. The van der Waals surface area contributed by atoms with Crippen molar-refractivity contribution in [1.82, 2.24) is 21.3 Å². The first-order chi connectivity index (χ1) is 19.5. The third-order valence-electron chi connectivity index (χ3n) is 8.04. The SMILES string of the molecule is CC1(C)CC(CC(NC(=O)C(CC2CCCCC2)NC(=O)OCc2cccc(Cl)c2)C(=O)C(=O)NC2CC2)C(=O)N1. The Kier molecular flexibility index (Phi) is 10.3. The number of amides is 4. The van der Waals surface area contributed by atoms with E-state index in [1.54, 1.807) is 24.3 Å². The van der Waals surface area contributed by atoms with E-state index in [1.807, 2.05) is 13.8 Å². The molecule has 3 fully saturated rings. The Morgan fingerprint density at radius 2 is 1.76 bits per heavy atom. The summed E-state index contributed by atoms with van der Waals surface area (Å²) in [4.78, 5) is 65.0. The first-order valence-corrected chi connectivity index (χ1v) is 15.0. The van der Waals surface area contributed by atoms with Crippen molar-refractivity contribution in [2.24, 2.45) is 11.8 Å². The Bertz CT molecular complexity index is 1150. The van der Waals surface area contributed by atoms with Gasteiger partial charge in [0.05, 0.1) is 6.04 Å². The predicted molar refractivity (Wildman–Crippen MR) is 153 cm³/mol. The van der Waals surface area contributed by atoms with Crippen LogP contribution >= 0.6 is 11.6 Å². The highest BCUT2D eigenvalue weighted by Crippen LogP contribution is 2.29. The van der Waals surface area contributed by atoms with Crippen molar-refractivity contribution < 1.29 is 28.7 Å². The smallest absolute Gasteiger partial charge is 0.408 e. The average Bonchev–Trinajstić information content (AvgIpc) is 3.69. The number of nitrogens with one attached hydrogen (secondary N) is 4. The quantitative estimate of drug-likeness (QED) is 0.275. The number of ketones is 1. The predicted octanol–water partition coefficient (Wildman–Crippen LogP) is 3.54. The molecule has 1 saturated heterocycles. The molecule has 1 aromatic carbocycles. The van der Waals surface area contributed by atoms with E-state index in [9.17, 15) is 24.0 Å². The van der Waals surface area contributed by atoms with Gasteiger partial charge in [0.15, 0.2) is 0 Å². The Hall–Kier alpha value is -3.14. The average molecular weight is 589 g/mol. The van der Waals surface area contributed by atoms with Gasteiger partial charge in [0.25, 0.3) is 5.91 Å². The molecule has 1 aliphatic heterocycles. The van der Waals surface area contributed by atoms with Crippen LogP contribution in [0.5, 0.6) is 0 Å². The molecule has 3 unspecified atom stereocenters. The largest absolute Gasteiger partial charge is 0.445 e. The number of halogens is 1. The lowest BCUT2D eigenvalue weighted by Crippen LogP contribution is -2.55. The number of alkyl carbamates (subject to hydrolysis) is 1. The van der Waals surface area contributed by atoms with E-state index >= 15 is 0 Å². The summed E-state index contributed by atoms with van der Waals surface area (Å²) in [5.74, 6) is -2.67. The van der Waals surface area contributed by atoms with Gasteiger partial charge in [-0.2, -0.15) is 0 Å². The maximum absolute atomic E-state index is 13.6. The van der Waals surface area contributed by atoms with Crippen LogP contribution < -0.4 is 21.3 Å². The van der Waals surface area contributed by atoms with Crippen LogP contribution in [0.2, 0.25) is 5.02 Å². The molecule has 4 rings (SSSR count). The van der Waals surface area contributed by atoms with E-state index < -0.39 is 47.2 Å². The zero-order chi connectivity index (χ0) is 29.6. The van der Waals surface area contributed by atoms with E-state index in [1.165, 1.54) is 0 Å². The van der Waals surface area contributed by atoms with Crippen LogP contribution in [-0.4, -0.2) is 53.3 Å². The number of hydrogen-bond acceptors (Lipinski definition) is 6. The lowest BCUT2D eigenvalue weighted by molar-refractivity contribution is -0.141. The minimum absolute atomic E-state index is 0.00666. The van der Waals surface area contributed by atoms with Gasteiger partial charge in [0.1, 0.15) is 12.6 Å². The second-order valence-corrected chi connectivity index (χ2v) is 12.8. The molecule has 4 amide bonds. The van der Waals surface area contributed by atoms with Crippen molar-refractivity contribution >= 4 is 41.2 Å². The molecule has 4 N–H and O–H groups in total. The van der Waals surface area contributed by atoms with E-state index in [4.69, 9.17) is 16.3 Å². The number of benzene rings is 1. The van der Waals surface area contributed by atoms with Gasteiger partial charge in [-0.15, -0.1) is 0 Å². The highest BCUT2D eigenvalue weighted by atomic mass is 35.5. The van der Waals surface area contributed by atoms with Gasteiger partial charge in [-0.1, -0.05) is 55.8 Å². The van der Waals surface area contributed by atoms with Gasteiger partial charge in [-0.3, -0.25) is 19.2 Å². The van der Waals surface area contributed by atoms with E-state index in [2.05, 4.69) is 21.3 Å². The fraction of sp³-hybridized carbons (Fsp3) is 0.633. The lowest BCUT2D eigenvalue weighted by atomic mass is 9.84. The second-order valence-electron chi connectivity index (χ2n) is 12.3. The van der Waals surface area contributed by atoms with Crippen LogP contribution in [0.4, 0.5) is 4.79 Å². The molecule has 2 aliphatic carbocycles. The van der Waals surface area contributed by atoms with Crippen molar-refractivity contribution in [1.29, 1.82) is 0 Å². The highest BCUT2D eigenvalue weighted by Gasteiger charge is 2.42. The van der Waals surface area contributed by atoms with Gasteiger partial charge >= 0.3 is 6.09 Å². The molecule has 3 aliphatic rings. The number of carbonyl (C=O) groups excluding carboxylic acids is 5. The molecule has 0 radical (unpaired) electrons. The maximum atomic E-state index is 13.6. The van der Waals surface area contributed by atoms with Crippen molar-refractivity contribution in [3.8, 4) is 0 Å². The van der Waals surface area contributed by atoms with Crippen LogP contribution in [0.3, 0.4) is 0 Å². The number of carbonyl (C=O) groups is 5. The Morgan fingerprint density at radius 3 is 2.39 bits per heavy atom. The summed E-state index contributed by atoms with van der Waals surface area (Å²) >= 11 is 6.02. The number of Topliss-reactive ketones (excluding diaryl/α,β-unsaturated/α-hetero) is 1. The summed E-state index contributed by atoms with van der Waals surface area (Å²) in [7, 11) is 0. The van der Waals surface area contributed by atoms with Crippen molar-refractivity contribution in [2.75, 3.05) is 0 Å². The summed E-state index contributed by atoms with van der Waals surface area (Å²) in [6, 6.07) is 4.71. The minimum atomic E-state index is -1.20. The normalized spacial score (nSPS) is 21.7. The molecule has 0 bridgehead atoms. The number of hydrogen-bond donors (Lipinski definition) is 4. The molecule has 41 heavy (non-hydrogen) atoms. The fourth-order valence-corrected chi connectivity index (χ4v) is 5.98. The summed E-state index contributed by atoms with van der Waals surface area (Å²) in [6.07, 6.45) is 6.79. The van der Waals surface area contributed by atoms with Crippen LogP contribution in [0.25, 0.3) is 0 Å². The second kappa shape index (κ2) is 13.7. The molecular weight excluding hydrogens is 548 g/mol. The first kappa shape index (κ1) is 30.8. The van der Waals surface area contributed by atoms with E-state index in [0.717, 1.165) is 44.9 Å². The summed E-state index contributed by atoms with van der Waals surface area (Å²) in [5, 5.41) is 11.5. The first-order valence-electron chi connectivity index (χ1n) is 14.6. The Balaban J connectivity index is 1.46. The van der Waals surface area contributed by atoms with Crippen LogP contribution in [0, 0.1) is 11.8 Å². The van der Waals surface area contributed by atoms with Crippen molar-refractivity contribution in [3.05, 3.63) is 34.9 Å². The molecule has 11 heteroatoms. The third kappa shape index (κ3) is 9.45. The highest BCUT2D eigenvalue weighted by molar-refractivity contribution is 6.38. The minimum Gasteiger partial charge on any atom is -0.445 e. The van der Waals surface area contributed by atoms with Crippen molar-refractivity contribution in [2.45, 2.75) is 108 Å². The lowest BCUT2D eigenvalue weighted by Gasteiger charge is -2.28. The number of ether oxygens (including phenoxy) is 1. The zero-order valence-corrected chi connectivity index (χ0v) is 24.6. The molecule has 224 valence electrons. The zero-order valence-electron chi connectivity index (χ0n) is 23.8. The van der Waals surface area contributed by atoms with Gasteiger partial charge in [0, 0.05) is 22.5 Å². The van der Waals surface area contributed by atoms with Gasteiger partial charge in [-0.25, -0.2) is 4.79 Å². The van der Waals surface area contributed by atoms with Crippen LogP contribution in [-0.2, 0) is 30.5 Å². The summed E-state index contributed by atoms with van der Waals surface area (Å²) in [5.41, 5.74) is 0.249. The van der Waals surface area contributed by atoms with Gasteiger partial charge < -0.3 is 26.0 Å². The molecule has 10 nitrogen and oxygen atoms in total. The molecular formula is C30H41ClN4O6. The molecule has 2 saturated carbocycles. The molecule has 3 atom stereocenters. The van der Waals surface area contributed by atoms with E-state index in [-0.39, 0.29) is 30.9 Å². The molecule has 0 aromatic heterocycles. The topological polar surface area (TPSA) is 143 Å². The Morgan fingerprint density at radius 1 is 1.02 bits per heavy atom. The monoisotopic (exact) mass is 588 g/mol. The summed E-state index contributed by atoms with van der Waals surface area (Å²) < 4.78 is 5.37. The molecule has 0 spiro atoms. The maximum Gasteiger partial charge on any atom is 0.408 e. The van der Waals surface area contributed by atoms with Gasteiger partial charge in [-0.05, 0) is 69.6 Å². The standard InChI is InChI=1S/C30H41ClN4O6/c1-30(2)16-20(26(37)35-30)15-23(25(36)28(39)32-22-11-12-22)33-27(38)24(14-18-7-4-3-5-8-18)34-29(40)41-17-19-9-6-10-21(31)13-19/h6,9-10,13,18,20,22-24H,3-5,7-8,11-12,14-17H2,1-2H3,(H,32,39)(H,33,38)(H,34,40)(H,35,37). The van der Waals surface area contributed by atoms with Gasteiger partial charge in [0.2, 0.25) is 17.6 Å². The van der Waals surface area contributed by atoms with Crippen LogP contribution in [0.15, 0.2) is 24.3 Å². The summed E-state index contributed by atoms with van der Waals surface area (Å²) in [6.45, 7) is 3.75. The number of rotatable bonds is 12. The Labute approximate surface area is 246 Å². The van der Waals surface area contributed by atoms with E-state index in [0.29, 0.717) is 23.4 Å².